The molecule has 6 aliphatic rings. The van der Waals surface area contributed by atoms with Gasteiger partial charge in [0.1, 0.15) is 42.4 Å². The minimum Gasteiger partial charge on any atom is -0.479 e. The summed E-state index contributed by atoms with van der Waals surface area (Å²) in [5.74, 6) is -2.60. The van der Waals surface area contributed by atoms with Crippen LogP contribution in [0.1, 0.15) is 65.0 Å². The fourth-order valence-electron chi connectivity index (χ4n) is 10.5. The summed E-state index contributed by atoms with van der Waals surface area (Å²) in [6.07, 6.45) is -7.39. The standard InChI is InChI=1S/C32H42O14/c1-28(2)17-9-18(34)30(4)16(31(17)13-42-20(35)10-19(31)45-28)5-7-29(3,32(30)25(46-32)26(39)40)24(14-6-8-41-12-14)44-27-23(38)22(37)21(36)15(11-33)43-27/h6,8,12,15-17,19,21-25,27,33,36-38H,5,7,9-11,13H2,1-4H3,(H,39,40)/t15-,16+,17+,19-,21-,22+,23-,24-,25+,27+,29-,30-,31+,32+/m0/s1. The smallest absolute Gasteiger partial charge is 0.335 e. The van der Waals surface area contributed by atoms with Crippen molar-refractivity contribution in [3.8, 4) is 0 Å². The molecule has 2 saturated carbocycles. The Morgan fingerprint density at radius 2 is 1.78 bits per heavy atom. The molecule has 14 heteroatoms. The number of esters is 1. The molecule has 46 heavy (non-hydrogen) atoms. The van der Waals surface area contributed by atoms with Gasteiger partial charge in [-0.2, -0.15) is 0 Å². The van der Waals surface area contributed by atoms with Gasteiger partial charge in [-0.1, -0.05) is 6.92 Å². The Hall–Kier alpha value is -2.43. The number of fused-ring (bicyclic) bond motifs is 2. The fourth-order valence-corrected chi connectivity index (χ4v) is 10.5. The summed E-state index contributed by atoms with van der Waals surface area (Å²) in [4.78, 5) is 40.1. The lowest BCUT2D eigenvalue weighted by atomic mass is 9.37. The molecular weight excluding hydrogens is 608 g/mol. The third-order valence-electron chi connectivity index (χ3n) is 12.6. The van der Waals surface area contributed by atoms with E-state index in [1.54, 1.807) is 19.9 Å². The van der Waals surface area contributed by atoms with E-state index in [0.29, 0.717) is 12.0 Å². The highest BCUT2D eigenvalue weighted by molar-refractivity contribution is 5.92. The van der Waals surface area contributed by atoms with E-state index < -0.39 is 95.0 Å². The number of carboxylic acid groups (broad SMARTS) is 1. The third kappa shape index (κ3) is 3.89. The first kappa shape index (κ1) is 32.1. The zero-order valence-corrected chi connectivity index (χ0v) is 26.2. The van der Waals surface area contributed by atoms with Crippen molar-refractivity contribution >= 4 is 17.7 Å². The maximum Gasteiger partial charge on any atom is 0.335 e. The van der Waals surface area contributed by atoms with E-state index in [9.17, 15) is 39.9 Å². The second kappa shape index (κ2) is 10.3. The molecule has 7 rings (SSSR count). The van der Waals surface area contributed by atoms with Crippen LogP contribution in [0.15, 0.2) is 23.0 Å². The maximum atomic E-state index is 14.7. The average Bonchev–Trinajstić information content (AvgIpc) is 3.48. The van der Waals surface area contributed by atoms with Gasteiger partial charge >= 0.3 is 11.9 Å². The average molecular weight is 651 g/mol. The fraction of sp³-hybridized carbons (Fsp3) is 0.781. The van der Waals surface area contributed by atoms with Gasteiger partial charge < -0.3 is 53.6 Å². The third-order valence-corrected chi connectivity index (χ3v) is 12.6. The molecule has 0 radical (unpaired) electrons. The summed E-state index contributed by atoms with van der Waals surface area (Å²) < 4.78 is 36.1. The normalized spacial score (nSPS) is 49.9. The van der Waals surface area contributed by atoms with Gasteiger partial charge in [-0.05, 0) is 45.6 Å². The van der Waals surface area contributed by atoms with Crippen molar-refractivity contribution in [3.63, 3.8) is 0 Å². The molecule has 6 fully saturated rings. The van der Waals surface area contributed by atoms with E-state index in [-0.39, 0.29) is 43.5 Å². The molecule has 254 valence electrons. The van der Waals surface area contributed by atoms with Gasteiger partial charge in [-0.15, -0.1) is 0 Å². The maximum absolute atomic E-state index is 14.7. The first-order chi connectivity index (χ1) is 21.6. The number of aliphatic hydroxyl groups excluding tert-OH is 4. The Morgan fingerprint density at radius 1 is 1.04 bits per heavy atom. The quantitative estimate of drug-likeness (QED) is 0.209. The van der Waals surface area contributed by atoms with Crippen LogP contribution in [0.25, 0.3) is 0 Å². The van der Waals surface area contributed by atoms with Crippen molar-refractivity contribution in [1.29, 1.82) is 0 Å². The Morgan fingerprint density at radius 3 is 2.41 bits per heavy atom. The van der Waals surface area contributed by atoms with Crippen LogP contribution in [0.3, 0.4) is 0 Å². The molecule has 0 amide bonds. The van der Waals surface area contributed by atoms with E-state index >= 15 is 0 Å². The van der Waals surface area contributed by atoms with Crippen LogP contribution in [0.4, 0.5) is 0 Å². The summed E-state index contributed by atoms with van der Waals surface area (Å²) in [5, 5.41) is 52.1. The number of carbonyl (C=O) groups excluding carboxylic acids is 2. The number of aliphatic carboxylic acids is 1. The van der Waals surface area contributed by atoms with Crippen molar-refractivity contribution in [2.75, 3.05) is 13.2 Å². The summed E-state index contributed by atoms with van der Waals surface area (Å²) in [6, 6.07) is 1.61. The summed E-state index contributed by atoms with van der Waals surface area (Å²) in [7, 11) is 0. The van der Waals surface area contributed by atoms with E-state index in [2.05, 4.69) is 0 Å². The van der Waals surface area contributed by atoms with Gasteiger partial charge in [-0.3, -0.25) is 9.59 Å². The number of rotatable bonds is 6. The monoisotopic (exact) mass is 650 g/mol. The zero-order chi connectivity index (χ0) is 33.2. The predicted molar refractivity (Wildman–Crippen MR) is 151 cm³/mol. The number of ketones is 1. The van der Waals surface area contributed by atoms with Crippen molar-refractivity contribution in [3.05, 3.63) is 24.2 Å². The molecular formula is C32H42O14. The van der Waals surface area contributed by atoms with Crippen LogP contribution in [-0.2, 0) is 38.1 Å². The molecule has 0 bridgehead atoms. The lowest BCUT2D eigenvalue weighted by molar-refractivity contribution is -0.328. The van der Waals surface area contributed by atoms with E-state index in [0.717, 1.165) is 0 Å². The molecule has 1 aromatic heterocycles. The molecule has 0 unspecified atom stereocenters. The lowest BCUT2D eigenvalue weighted by Crippen LogP contribution is -2.72. The molecule has 1 aromatic rings. The number of ether oxygens (including phenoxy) is 5. The molecule has 2 spiro atoms. The van der Waals surface area contributed by atoms with Crippen molar-refractivity contribution in [2.24, 2.45) is 28.1 Å². The van der Waals surface area contributed by atoms with Gasteiger partial charge in [-0.25, -0.2) is 4.79 Å². The number of carboxylic acids is 1. The van der Waals surface area contributed by atoms with Crippen LogP contribution in [0, 0.1) is 28.1 Å². The minimum absolute atomic E-state index is 0.0199. The van der Waals surface area contributed by atoms with Crippen LogP contribution in [0.5, 0.6) is 0 Å². The Kier molecular flexibility index (Phi) is 7.19. The van der Waals surface area contributed by atoms with E-state index in [1.165, 1.54) is 12.5 Å². The van der Waals surface area contributed by atoms with Crippen LogP contribution >= 0.6 is 0 Å². The molecule has 2 aliphatic carbocycles. The zero-order valence-electron chi connectivity index (χ0n) is 26.2. The van der Waals surface area contributed by atoms with Gasteiger partial charge in [0.15, 0.2) is 12.4 Å². The van der Waals surface area contributed by atoms with Crippen molar-refractivity contribution < 1.29 is 68.0 Å². The SMILES string of the molecule is CC1(C)O[C@H]2CC(=O)OC[C@@]23[C@@H]1CC(=O)[C@]1(C)[C@H]3CC[C@@](C)([C@@H](O[C@H]2O[C@@H](CO)[C@H](O)[C@@H](O)[C@@H]2O)c2ccoc2)[C@@]12O[C@@H]2C(=O)O. The first-order valence-electron chi connectivity index (χ1n) is 15.9. The van der Waals surface area contributed by atoms with Crippen molar-refractivity contribution in [1.82, 2.24) is 0 Å². The Bertz CT molecular complexity index is 1410. The Labute approximate surface area is 264 Å². The summed E-state index contributed by atoms with van der Waals surface area (Å²) in [5.41, 5.74) is -5.40. The molecule has 5 heterocycles. The van der Waals surface area contributed by atoms with Crippen LogP contribution in [-0.4, -0.2) is 111 Å². The highest BCUT2D eigenvalue weighted by atomic mass is 16.7. The second-order valence-electron chi connectivity index (χ2n) is 14.9. The highest BCUT2D eigenvalue weighted by Gasteiger charge is 2.88. The number of Topliss-reactive ketones (excluding diaryl/α,β-unsaturated/α-hetero) is 1. The van der Waals surface area contributed by atoms with Crippen LogP contribution < -0.4 is 0 Å². The molecule has 4 saturated heterocycles. The van der Waals surface area contributed by atoms with Gasteiger partial charge in [0, 0.05) is 28.7 Å². The van der Waals surface area contributed by atoms with Gasteiger partial charge in [0.2, 0.25) is 0 Å². The molecule has 14 nitrogen and oxygen atoms in total. The van der Waals surface area contributed by atoms with Crippen molar-refractivity contribution in [2.45, 2.75) is 114 Å². The lowest BCUT2D eigenvalue weighted by Gasteiger charge is -2.64. The highest BCUT2D eigenvalue weighted by Crippen LogP contribution is 2.78. The summed E-state index contributed by atoms with van der Waals surface area (Å²) in [6.45, 7) is 6.73. The topological polar surface area (TPSA) is 215 Å². The molecule has 0 aromatic carbocycles. The molecule has 5 N–H and O–H groups in total. The predicted octanol–water partition coefficient (Wildman–Crippen LogP) is 0.482. The second-order valence-corrected chi connectivity index (χ2v) is 14.9. The van der Waals surface area contributed by atoms with Gasteiger partial charge in [0.05, 0.1) is 48.8 Å². The molecule has 14 atom stereocenters. The number of hydrogen-bond donors (Lipinski definition) is 5. The molecule has 4 aliphatic heterocycles. The number of furan rings is 1. The Balaban J connectivity index is 1.35. The number of aliphatic hydroxyl groups is 4. The number of carbonyl (C=O) groups is 3. The first-order valence-corrected chi connectivity index (χ1v) is 15.9. The number of epoxide rings is 1. The van der Waals surface area contributed by atoms with E-state index in [1.807, 2.05) is 13.8 Å². The number of hydrogen-bond acceptors (Lipinski definition) is 13. The minimum atomic E-state index is -1.74. The van der Waals surface area contributed by atoms with Gasteiger partial charge in [0.25, 0.3) is 0 Å². The van der Waals surface area contributed by atoms with E-state index in [4.69, 9.17) is 28.1 Å². The largest absolute Gasteiger partial charge is 0.479 e. The number of cyclic esters (lactones) is 1. The van der Waals surface area contributed by atoms with Crippen LogP contribution in [0.2, 0.25) is 0 Å². The summed E-state index contributed by atoms with van der Waals surface area (Å²) >= 11 is 0.